The molecule has 0 radical (unpaired) electrons. The van der Waals surface area contributed by atoms with Crippen LogP contribution >= 0.6 is 0 Å². The standard InChI is InChI=1S/C8H8O5S.Na/c1-13-8(9)6-3-2-4-7(5-6)14(10,11)12;/h2-5H,1H3,(H,10,11,12);/q;+1. The van der Waals surface area contributed by atoms with E-state index in [2.05, 4.69) is 4.74 Å². The molecule has 0 fully saturated rings. The summed E-state index contributed by atoms with van der Waals surface area (Å²) in [6.45, 7) is 0. The van der Waals surface area contributed by atoms with Gasteiger partial charge in [-0.2, -0.15) is 8.42 Å². The summed E-state index contributed by atoms with van der Waals surface area (Å²) in [7, 11) is -3.09. The normalized spacial score (nSPS) is 10.3. The molecular weight excluding hydrogens is 231 g/mol. The van der Waals surface area contributed by atoms with E-state index < -0.39 is 16.1 Å². The molecule has 0 aliphatic carbocycles. The third-order valence-electron chi connectivity index (χ3n) is 1.55. The first-order valence-electron chi connectivity index (χ1n) is 3.61. The second kappa shape index (κ2) is 5.62. The summed E-state index contributed by atoms with van der Waals surface area (Å²) in [5.41, 5.74) is 0.0719. The largest absolute Gasteiger partial charge is 1.00 e. The maximum absolute atomic E-state index is 11.0. The molecular formula is C8H8NaO5S+. The minimum absolute atomic E-state index is 0. The second-order valence-electron chi connectivity index (χ2n) is 2.49. The molecule has 76 valence electrons. The minimum Gasteiger partial charge on any atom is -0.465 e. The van der Waals surface area contributed by atoms with E-state index in [0.717, 1.165) is 6.07 Å². The molecule has 1 aromatic rings. The van der Waals surface area contributed by atoms with Crippen LogP contribution < -0.4 is 29.6 Å². The van der Waals surface area contributed by atoms with Crippen molar-refractivity contribution in [1.29, 1.82) is 0 Å². The molecule has 0 aliphatic heterocycles. The molecule has 0 unspecified atom stereocenters. The van der Waals surface area contributed by atoms with Gasteiger partial charge in [-0.1, -0.05) is 6.07 Å². The Kier molecular flexibility index (Phi) is 5.47. The van der Waals surface area contributed by atoms with E-state index in [1.807, 2.05) is 0 Å². The van der Waals surface area contributed by atoms with Gasteiger partial charge >= 0.3 is 35.5 Å². The maximum Gasteiger partial charge on any atom is 1.00 e. The summed E-state index contributed by atoms with van der Waals surface area (Å²) in [5.74, 6) is -0.657. The summed E-state index contributed by atoms with van der Waals surface area (Å²) in [6, 6.07) is 4.96. The fourth-order valence-electron chi connectivity index (χ4n) is 0.901. The van der Waals surface area contributed by atoms with Crippen molar-refractivity contribution < 1.29 is 52.1 Å². The third-order valence-corrected chi connectivity index (χ3v) is 2.40. The van der Waals surface area contributed by atoms with Crippen molar-refractivity contribution >= 4 is 16.1 Å². The van der Waals surface area contributed by atoms with Crippen LogP contribution in [-0.4, -0.2) is 26.0 Å². The molecule has 0 amide bonds. The monoisotopic (exact) mass is 239 g/mol. The van der Waals surface area contributed by atoms with Gasteiger partial charge in [-0.25, -0.2) is 4.79 Å². The molecule has 7 heteroatoms. The van der Waals surface area contributed by atoms with Gasteiger partial charge in [0, 0.05) is 0 Å². The number of methoxy groups -OCH3 is 1. The summed E-state index contributed by atoms with van der Waals surface area (Å²) < 4.78 is 34.5. The number of ether oxygens (including phenoxy) is 1. The average Bonchev–Trinajstić information content (AvgIpc) is 2.15. The van der Waals surface area contributed by atoms with E-state index in [0.29, 0.717) is 0 Å². The predicted molar refractivity (Wildman–Crippen MR) is 47.6 cm³/mol. The number of carbonyl (C=O) groups is 1. The van der Waals surface area contributed by atoms with E-state index >= 15 is 0 Å². The molecule has 5 nitrogen and oxygen atoms in total. The van der Waals surface area contributed by atoms with Gasteiger partial charge in [0.2, 0.25) is 0 Å². The van der Waals surface area contributed by atoms with Crippen molar-refractivity contribution in [3.8, 4) is 0 Å². The predicted octanol–water partition coefficient (Wildman–Crippen LogP) is -2.28. The quantitative estimate of drug-likeness (QED) is 0.357. The zero-order valence-corrected chi connectivity index (χ0v) is 11.1. The van der Waals surface area contributed by atoms with Crippen molar-refractivity contribution in [2.45, 2.75) is 4.90 Å². The molecule has 1 aromatic carbocycles. The van der Waals surface area contributed by atoms with Crippen molar-refractivity contribution in [3.05, 3.63) is 29.8 Å². The number of rotatable bonds is 2. The molecule has 0 saturated carbocycles. The smallest absolute Gasteiger partial charge is 0.465 e. The first-order chi connectivity index (χ1) is 6.45. The van der Waals surface area contributed by atoms with Crippen molar-refractivity contribution in [2.75, 3.05) is 7.11 Å². The average molecular weight is 239 g/mol. The van der Waals surface area contributed by atoms with Crippen LogP contribution in [0.15, 0.2) is 29.2 Å². The van der Waals surface area contributed by atoms with Gasteiger partial charge in [0.15, 0.2) is 0 Å². The van der Waals surface area contributed by atoms with Crippen molar-refractivity contribution in [3.63, 3.8) is 0 Å². The molecule has 0 aliphatic rings. The van der Waals surface area contributed by atoms with Gasteiger partial charge < -0.3 is 4.74 Å². The van der Waals surface area contributed by atoms with Gasteiger partial charge in [-0.05, 0) is 18.2 Å². The van der Waals surface area contributed by atoms with Gasteiger partial charge in [0.1, 0.15) is 0 Å². The molecule has 0 spiro atoms. The first kappa shape index (κ1) is 14.6. The van der Waals surface area contributed by atoms with Crippen LogP contribution in [0.1, 0.15) is 10.4 Å². The zero-order valence-electron chi connectivity index (χ0n) is 8.30. The number of carbonyl (C=O) groups excluding carboxylic acids is 1. The van der Waals surface area contributed by atoms with Crippen LogP contribution in [0.2, 0.25) is 0 Å². The van der Waals surface area contributed by atoms with Gasteiger partial charge in [-0.3, -0.25) is 4.55 Å². The molecule has 0 atom stereocenters. The SMILES string of the molecule is COC(=O)c1cccc(S(=O)(=O)O)c1.[Na+]. The topological polar surface area (TPSA) is 80.7 Å². The minimum atomic E-state index is -4.27. The first-order valence-corrected chi connectivity index (χ1v) is 5.05. The molecule has 0 saturated heterocycles. The summed E-state index contributed by atoms with van der Waals surface area (Å²) in [5, 5.41) is 0. The Morgan fingerprint density at radius 1 is 1.40 bits per heavy atom. The summed E-state index contributed by atoms with van der Waals surface area (Å²) in [6.07, 6.45) is 0. The molecule has 0 bridgehead atoms. The Morgan fingerprint density at radius 2 is 2.00 bits per heavy atom. The van der Waals surface area contributed by atoms with Gasteiger partial charge in [0.05, 0.1) is 17.6 Å². The second-order valence-corrected chi connectivity index (χ2v) is 3.92. The van der Waals surface area contributed by atoms with Crippen molar-refractivity contribution in [1.82, 2.24) is 0 Å². The molecule has 1 N–H and O–H groups in total. The molecule has 0 heterocycles. The summed E-state index contributed by atoms with van der Waals surface area (Å²) in [4.78, 5) is 10.7. The maximum atomic E-state index is 11.0. The Hall–Kier alpha value is -0.400. The Balaban J connectivity index is 0.00000196. The number of esters is 1. The van der Waals surface area contributed by atoms with E-state index in [4.69, 9.17) is 4.55 Å². The zero-order chi connectivity index (χ0) is 10.8. The summed E-state index contributed by atoms with van der Waals surface area (Å²) >= 11 is 0. The Morgan fingerprint density at radius 3 is 2.47 bits per heavy atom. The van der Waals surface area contributed by atoms with Gasteiger partial charge in [0.25, 0.3) is 10.1 Å². The molecule has 15 heavy (non-hydrogen) atoms. The molecule has 1 rings (SSSR count). The van der Waals surface area contributed by atoms with Crippen LogP contribution in [-0.2, 0) is 14.9 Å². The van der Waals surface area contributed by atoms with E-state index in [1.165, 1.54) is 25.3 Å². The van der Waals surface area contributed by atoms with Crippen molar-refractivity contribution in [2.24, 2.45) is 0 Å². The van der Waals surface area contributed by atoms with Crippen LogP contribution in [0.25, 0.3) is 0 Å². The van der Waals surface area contributed by atoms with E-state index in [1.54, 1.807) is 0 Å². The Bertz CT molecular complexity index is 454. The van der Waals surface area contributed by atoms with Crippen LogP contribution in [0.3, 0.4) is 0 Å². The number of hydrogen-bond acceptors (Lipinski definition) is 4. The van der Waals surface area contributed by atoms with Crippen LogP contribution in [0.4, 0.5) is 0 Å². The van der Waals surface area contributed by atoms with E-state index in [9.17, 15) is 13.2 Å². The van der Waals surface area contributed by atoms with E-state index in [-0.39, 0.29) is 40.0 Å². The fraction of sp³-hybridized carbons (Fsp3) is 0.125. The Labute approximate surface area is 109 Å². The fourth-order valence-corrected chi connectivity index (χ4v) is 1.43. The van der Waals surface area contributed by atoms with Crippen LogP contribution in [0, 0.1) is 0 Å². The third kappa shape index (κ3) is 3.92. The van der Waals surface area contributed by atoms with Gasteiger partial charge in [-0.15, -0.1) is 0 Å². The van der Waals surface area contributed by atoms with Crippen LogP contribution in [0.5, 0.6) is 0 Å². The number of hydrogen-bond donors (Lipinski definition) is 1. The number of benzene rings is 1. The molecule has 0 aromatic heterocycles.